The fourth-order valence-electron chi connectivity index (χ4n) is 2.86. The summed E-state index contributed by atoms with van der Waals surface area (Å²) < 4.78 is 12.0. The number of aryl methyl sites for hydroxylation is 1. The Morgan fingerprint density at radius 1 is 1.11 bits per heavy atom. The van der Waals surface area contributed by atoms with Crippen LogP contribution in [0, 0.1) is 6.92 Å². The molecular formula is C22H23NO3S2. The SMILES string of the molecule is CCCOc1ccc(/C=C2\SC(=S)N(c3ccccc3C)C2=O)cc1OCC. The number of hydrogen-bond donors (Lipinski definition) is 0. The molecule has 1 aliphatic heterocycles. The number of ether oxygens (including phenoxy) is 2. The highest BCUT2D eigenvalue weighted by Crippen LogP contribution is 2.38. The Bertz CT molecular complexity index is 924. The number of thioether (sulfide) groups is 1. The lowest BCUT2D eigenvalue weighted by atomic mass is 10.1. The molecule has 1 amide bonds. The molecule has 0 spiro atoms. The summed E-state index contributed by atoms with van der Waals surface area (Å²) in [7, 11) is 0. The van der Waals surface area contributed by atoms with E-state index in [-0.39, 0.29) is 5.91 Å². The highest BCUT2D eigenvalue weighted by atomic mass is 32.2. The van der Waals surface area contributed by atoms with E-state index in [1.54, 1.807) is 4.90 Å². The number of benzene rings is 2. The summed E-state index contributed by atoms with van der Waals surface area (Å²) in [5.41, 5.74) is 2.71. The lowest BCUT2D eigenvalue weighted by molar-refractivity contribution is -0.113. The van der Waals surface area contributed by atoms with Crippen LogP contribution in [0.5, 0.6) is 11.5 Å². The molecule has 0 saturated carbocycles. The zero-order chi connectivity index (χ0) is 20.1. The van der Waals surface area contributed by atoms with E-state index < -0.39 is 0 Å². The van der Waals surface area contributed by atoms with Gasteiger partial charge in [0.25, 0.3) is 5.91 Å². The van der Waals surface area contributed by atoms with E-state index in [4.69, 9.17) is 21.7 Å². The van der Waals surface area contributed by atoms with Gasteiger partial charge < -0.3 is 9.47 Å². The summed E-state index contributed by atoms with van der Waals surface area (Å²) in [6, 6.07) is 13.5. The molecule has 0 unspecified atom stereocenters. The molecule has 6 heteroatoms. The van der Waals surface area contributed by atoms with Crippen molar-refractivity contribution in [3.8, 4) is 11.5 Å². The second-order valence-corrected chi connectivity index (χ2v) is 7.97. The van der Waals surface area contributed by atoms with Crippen LogP contribution in [-0.4, -0.2) is 23.4 Å². The summed E-state index contributed by atoms with van der Waals surface area (Å²) in [6.45, 7) is 7.14. The minimum atomic E-state index is -0.103. The van der Waals surface area contributed by atoms with E-state index in [2.05, 4.69) is 6.92 Å². The summed E-state index contributed by atoms with van der Waals surface area (Å²) in [5.74, 6) is 1.29. The molecule has 0 N–H and O–H groups in total. The van der Waals surface area contributed by atoms with Crippen LogP contribution in [0.4, 0.5) is 5.69 Å². The van der Waals surface area contributed by atoms with Crippen molar-refractivity contribution in [3.63, 3.8) is 0 Å². The van der Waals surface area contributed by atoms with Crippen molar-refractivity contribution in [2.24, 2.45) is 0 Å². The number of para-hydroxylation sites is 1. The van der Waals surface area contributed by atoms with E-state index >= 15 is 0 Å². The molecule has 1 heterocycles. The highest BCUT2D eigenvalue weighted by Gasteiger charge is 2.33. The van der Waals surface area contributed by atoms with Gasteiger partial charge in [-0.2, -0.15) is 0 Å². The maximum atomic E-state index is 13.0. The van der Waals surface area contributed by atoms with Gasteiger partial charge in [-0.3, -0.25) is 9.69 Å². The number of anilines is 1. The second kappa shape index (κ2) is 9.26. The van der Waals surface area contributed by atoms with Crippen molar-refractivity contribution in [2.45, 2.75) is 27.2 Å². The van der Waals surface area contributed by atoms with Crippen molar-refractivity contribution < 1.29 is 14.3 Å². The van der Waals surface area contributed by atoms with Gasteiger partial charge >= 0.3 is 0 Å². The van der Waals surface area contributed by atoms with Crippen LogP contribution in [0.25, 0.3) is 6.08 Å². The van der Waals surface area contributed by atoms with Crippen LogP contribution in [0.3, 0.4) is 0 Å². The molecule has 146 valence electrons. The normalized spacial score (nSPS) is 15.4. The maximum Gasteiger partial charge on any atom is 0.270 e. The first kappa shape index (κ1) is 20.4. The Balaban J connectivity index is 1.89. The Kier molecular flexibility index (Phi) is 6.75. The summed E-state index contributed by atoms with van der Waals surface area (Å²) in [4.78, 5) is 15.2. The van der Waals surface area contributed by atoms with Gasteiger partial charge in [0.2, 0.25) is 0 Å². The van der Waals surface area contributed by atoms with Gasteiger partial charge in [-0.15, -0.1) is 0 Å². The average Bonchev–Trinajstić information content (AvgIpc) is 2.95. The third-order valence-corrected chi connectivity index (χ3v) is 5.48. The molecule has 0 aromatic heterocycles. The van der Waals surface area contributed by atoms with E-state index in [9.17, 15) is 4.79 Å². The van der Waals surface area contributed by atoms with Gasteiger partial charge in [0.15, 0.2) is 15.8 Å². The standard InChI is InChI=1S/C22H23NO3S2/c1-4-12-26-18-11-10-16(13-19(18)25-5-2)14-20-21(24)23(22(27)28-20)17-9-7-6-8-15(17)3/h6-11,13-14H,4-5,12H2,1-3H3/b20-14-. The Morgan fingerprint density at radius 2 is 1.89 bits per heavy atom. The zero-order valence-electron chi connectivity index (χ0n) is 16.2. The van der Waals surface area contributed by atoms with E-state index in [0.717, 1.165) is 23.2 Å². The van der Waals surface area contributed by atoms with Crippen molar-refractivity contribution in [3.05, 3.63) is 58.5 Å². The first-order chi connectivity index (χ1) is 13.5. The molecule has 2 aromatic rings. The Morgan fingerprint density at radius 3 is 2.61 bits per heavy atom. The van der Waals surface area contributed by atoms with Gasteiger partial charge in [0.1, 0.15) is 0 Å². The molecule has 4 nitrogen and oxygen atoms in total. The minimum absolute atomic E-state index is 0.103. The predicted molar refractivity (Wildman–Crippen MR) is 120 cm³/mol. The van der Waals surface area contributed by atoms with Gasteiger partial charge in [-0.25, -0.2) is 0 Å². The first-order valence-electron chi connectivity index (χ1n) is 9.28. The van der Waals surface area contributed by atoms with E-state index in [1.165, 1.54) is 11.8 Å². The van der Waals surface area contributed by atoms with Gasteiger partial charge in [-0.05, 0) is 55.7 Å². The number of carbonyl (C=O) groups excluding carboxylic acids is 1. The quantitative estimate of drug-likeness (QED) is 0.437. The molecule has 0 bridgehead atoms. The van der Waals surface area contributed by atoms with Crippen LogP contribution in [0.2, 0.25) is 0 Å². The summed E-state index contributed by atoms with van der Waals surface area (Å²) >= 11 is 6.79. The molecule has 3 rings (SSSR count). The minimum Gasteiger partial charge on any atom is -0.490 e. The van der Waals surface area contributed by atoms with Crippen LogP contribution >= 0.6 is 24.0 Å². The Labute approximate surface area is 175 Å². The van der Waals surface area contributed by atoms with Crippen molar-refractivity contribution in [2.75, 3.05) is 18.1 Å². The van der Waals surface area contributed by atoms with Gasteiger partial charge in [0, 0.05) is 0 Å². The van der Waals surface area contributed by atoms with E-state index in [1.807, 2.05) is 62.4 Å². The molecule has 28 heavy (non-hydrogen) atoms. The molecule has 0 atom stereocenters. The smallest absolute Gasteiger partial charge is 0.270 e. The van der Waals surface area contributed by atoms with Crippen LogP contribution in [0.1, 0.15) is 31.4 Å². The van der Waals surface area contributed by atoms with E-state index in [0.29, 0.717) is 33.9 Å². The lowest BCUT2D eigenvalue weighted by Crippen LogP contribution is -2.28. The number of nitrogens with zero attached hydrogens (tertiary/aromatic N) is 1. The number of carbonyl (C=O) groups is 1. The molecule has 2 aromatic carbocycles. The van der Waals surface area contributed by atoms with Crippen molar-refractivity contribution in [1.82, 2.24) is 0 Å². The van der Waals surface area contributed by atoms with Gasteiger partial charge in [0.05, 0.1) is 23.8 Å². The van der Waals surface area contributed by atoms with Crippen molar-refractivity contribution >= 4 is 46.0 Å². The maximum absolute atomic E-state index is 13.0. The average molecular weight is 414 g/mol. The molecule has 0 aliphatic carbocycles. The topological polar surface area (TPSA) is 38.8 Å². The zero-order valence-corrected chi connectivity index (χ0v) is 17.9. The molecule has 1 aliphatic rings. The predicted octanol–water partition coefficient (Wildman–Crippen LogP) is 5.59. The monoisotopic (exact) mass is 413 g/mol. The molecule has 0 radical (unpaired) electrons. The molecule has 1 saturated heterocycles. The fraction of sp³-hybridized carbons (Fsp3) is 0.273. The number of thiocarbonyl (C=S) groups is 1. The number of amides is 1. The number of rotatable bonds is 7. The van der Waals surface area contributed by atoms with Crippen LogP contribution < -0.4 is 14.4 Å². The second-order valence-electron chi connectivity index (χ2n) is 6.29. The largest absolute Gasteiger partial charge is 0.490 e. The summed E-state index contributed by atoms with van der Waals surface area (Å²) in [6.07, 6.45) is 2.78. The number of hydrogen-bond acceptors (Lipinski definition) is 5. The molecule has 1 fully saturated rings. The van der Waals surface area contributed by atoms with Crippen molar-refractivity contribution in [1.29, 1.82) is 0 Å². The molecular weight excluding hydrogens is 390 g/mol. The summed E-state index contributed by atoms with van der Waals surface area (Å²) in [5, 5.41) is 0. The van der Waals surface area contributed by atoms with Gasteiger partial charge in [-0.1, -0.05) is 55.2 Å². The first-order valence-corrected chi connectivity index (χ1v) is 10.5. The third-order valence-electron chi connectivity index (χ3n) is 4.18. The lowest BCUT2D eigenvalue weighted by Gasteiger charge is -2.16. The third kappa shape index (κ3) is 4.39. The van der Waals surface area contributed by atoms with Crippen LogP contribution in [-0.2, 0) is 4.79 Å². The Hall–Kier alpha value is -2.31. The highest BCUT2D eigenvalue weighted by molar-refractivity contribution is 8.27. The fourth-order valence-corrected chi connectivity index (χ4v) is 4.14. The van der Waals surface area contributed by atoms with Crippen LogP contribution in [0.15, 0.2) is 47.4 Å².